The molecule has 1 N–H and O–H groups in total. The van der Waals surface area contributed by atoms with Gasteiger partial charge in [-0.15, -0.1) is 0 Å². The Bertz CT molecular complexity index is 349. The fourth-order valence-electron chi connectivity index (χ4n) is 1.81. The Morgan fingerprint density at radius 1 is 1.62 bits per heavy atom. The summed E-state index contributed by atoms with van der Waals surface area (Å²) in [6.45, 7) is 6.28. The van der Waals surface area contributed by atoms with Crippen LogP contribution in [0.2, 0.25) is 0 Å². The molecule has 2 rings (SSSR count). The summed E-state index contributed by atoms with van der Waals surface area (Å²) in [5.74, 6) is 1.61. The molecular weight excluding hydrogens is 204 g/mol. The van der Waals surface area contributed by atoms with Gasteiger partial charge in [0.15, 0.2) is 11.6 Å². The van der Waals surface area contributed by atoms with Crippen LogP contribution < -0.4 is 10.1 Å². The molecule has 1 aromatic heterocycles. The standard InChI is InChI=1S/C12H18N2O2/c1-3-16-10-5-4-7-13-11(10)14-12(2)6-8-15-9-12/h4-5,7H,3,6,8-9H2,1-2H3,(H,13,14). The Morgan fingerprint density at radius 3 is 3.19 bits per heavy atom. The number of hydrogen-bond acceptors (Lipinski definition) is 4. The predicted molar refractivity (Wildman–Crippen MR) is 62.9 cm³/mol. The van der Waals surface area contributed by atoms with Gasteiger partial charge in [0, 0.05) is 12.8 Å². The molecule has 0 saturated carbocycles. The van der Waals surface area contributed by atoms with Crippen LogP contribution in [-0.2, 0) is 4.74 Å². The lowest BCUT2D eigenvalue weighted by Crippen LogP contribution is -2.35. The molecular formula is C12H18N2O2. The molecule has 0 spiro atoms. The first kappa shape index (κ1) is 11.2. The molecule has 0 bridgehead atoms. The van der Waals surface area contributed by atoms with Crippen molar-refractivity contribution in [1.29, 1.82) is 0 Å². The van der Waals surface area contributed by atoms with Crippen molar-refractivity contribution < 1.29 is 9.47 Å². The quantitative estimate of drug-likeness (QED) is 0.847. The molecule has 0 radical (unpaired) electrons. The maximum Gasteiger partial charge on any atom is 0.169 e. The molecule has 2 heterocycles. The number of rotatable bonds is 4. The molecule has 1 atom stereocenters. The highest BCUT2D eigenvalue weighted by Gasteiger charge is 2.30. The van der Waals surface area contributed by atoms with Gasteiger partial charge in [-0.05, 0) is 32.4 Å². The van der Waals surface area contributed by atoms with Crippen molar-refractivity contribution in [2.75, 3.05) is 25.1 Å². The van der Waals surface area contributed by atoms with Crippen molar-refractivity contribution in [2.24, 2.45) is 0 Å². The summed E-state index contributed by atoms with van der Waals surface area (Å²) < 4.78 is 10.9. The Balaban J connectivity index is 2.13. The lowest BCUT2D eigenvalue weighted by atomic mass is 10.0. The summed E-state index contributed by atoms with van der Waals surface area (Å²) in [7, 11) is 0. The highest BCUT2D eigenvalue weighted by molar-refractivity contribution is 5.51. The average molecular weight is 222 g/mol. The molecule has 4 nitrogen and oxygen atoms in total. The first-order valence-electron chi connectivity index (χ1n) is 5.67. The average Bonchev–Trinajstić information content (AvgIpc) is 2.68. The van der Waals surface area contributed by atoms with E-state index in [1.807, 2.05) is 19.1 Å². The third kappa shape index (κ3) is 2.44. The van der Waals surface area contributed by atoms with E-state index in [1.54, 1.807) is 6.20 Å². The maximum absolute atomic E-state index is 5.53. The Labute approximate surface area is 96.0 Å². The molecule has 4 heteroatoms. The number of ether oxygens (including phenoxy) is 2. The van der Waals surface area contributed by atoms with Crippen molar-refractivity contribution in [3.63, 3.8) is 0 Å². The van der Waals surface area contributed by atoms with Crippen molar-refractivity contribution in [2.45, 2.75) is 25.8 Å². The largest absolute Gasteiger partial charge is 0.490 e. The Kier molecular flexibility index (Phi) is 3.29. The number of nitrogens with zero attached hydrogens (tertiary/aromatic N) is 1. The van der Waals surface area contributed by atoms with Crippen molar-refractivity contribution in [1.82, 2.24) is 4.98 Å². The van der Waals surface area contributed by atoms with Gasteiger partial charge in [-0.2, -0.15) is 0 Å². The fourth-order valence-corrected chi connectivity index (χ4v) is 1.81. The van der Waals surface area contributed by atoms with E-state index >= 15 is 0 Å². The maximum atomic E-state index is 5.53. The normalized spacial score (nSPS) is 24.4. The highest BCUT2D eigenvalue weighted by Crippen LogP contribution is 2.28. The lowest BCUT2D eigenvalue weighted by molar-refractivity contribution is 0.185. The minimum Gasteiger partial charge on any atom is -0.490 e. The van der Waals surface area contributed by atoms with Crippen molar-refractivity contribution >= 4 is 5.82 Å². The van der Waals surface area contributed by atoms with Crippen molar-refractivity contribution in [3.8, 4) is 5.75 Å². The van der Waals surface area contributed by atoms with E-state index in [2.05, 4.69) is 17.2 Å². The third-order valence-corrected chi connectivity index (χ3v) is 2.71. The summed E-state index contributed by atoms with van der Waals surface area (Å²) >= 11 is 0. The second-order valence-corrected chi connectivity index (χ2v) is 4.27. The highest BCUT2D eigenvalue weighted by atomic mass is 16.5. The zero-order valence-electron chi connectivity index (χ0n) is 9.82. The minimum absolute atomic E-state index is 0.0276. The van der Waals surface area contributed by atoms with Gasteiger partial charge in [-0.3, -0.25) is 0 Å². The van der Waals surface area contributed by atoms with E-state index in [-0.39, 0.29) is 5.54 Å². The van der Waals surface area contributed by atoms with Gasteiger partial charge < -0.3 is 14.8 Å². The molecule has 0 amide bonds. The van der Waals surface area contributed by atoms with Crippen molar-refractivity contribution in [3.05, 3.63) is 18.3 Å². The first-order valence-corrected chi connectivity index (χ1v) is 5.67. The van der Waals surface area contributed by atoms with E-state index in [0.717, 1.165) is 31.2 Å². The van der Waals surface area contributed by atoms with E-state index in [1.165, 1.54) is 0 Å². The zero-order chi connectivity index (χ0) is 11.4. The van der Waals surface area contributed by atoms with Crippen LogP contribution in [0.15, 0.2) is 18.3 Å². The molecule has 88 valence electrons. The van der Waals surface area contributed by atoms with Gasteiger partial charge in [0.2, 0.25) is 0 Å². The van der Waals surface area contributed by atoms with Gasteiger partial charge in [0.1, 0.15) is 0 Å². The SMILES string of the molecule is CCOc1cccnc1NC1(C)CCOC1. The van der Waals surface area contributed by atoms with Crippen LogP contribution in [0.3, 0.4) is 0 Å². The fraction of sp³-hybridized carbons (Fsp3) is 0.583. The molecule has 0 aliphatic carbocycles. The Morgan fingerprint density at radius 2 is 2.50 bits per heavy atom. The van der Waals surface area contributed by atoms with E-state index in [0.29, 0.717) is 6.61 Å². The number of pyridine rings is 1. The molecule has 1 aliphatic heterocycles. The number of aromatic nitrogens is 1. The van der Waals surface area contributed by atoms with Crippen LogP contribution in [0.4, 0.5) is 5.82 Å². The minimum atomic E-state index is -0.0276. The van der Waals surface area contributed by atoms with Gasteiger partial charge in [-0.25, -0.2) is 4.98 Å². The van der Waals surface area contributed by atoms with Gasteiger partial charge in [0.05, 0.1) is 18.8 Å². The van der Waals surface area contributed by atoms with E-state index < -0.39 is 0 Å². The van der Waals surface area contributed by atoms with E-state index in [4.69, 9.17) is 9.47 Å². The molecule has 1 fully saturated rings. The number of hydrogen-bond donors (Lipinski definition) is 1. The predicted octanol–water partition coefficient (Wildman–Crippen LogP) is 2.07. The summed E-state index contributed by atoms with van der Waals surface area (Å²) in [4.78, 5) is 4.31. The summed E-state index contributed by atoms with van der Waals surface area (Å²) in [5, 5.41) is 3.41. The molecule has 1 aliphatic rings. The molecule has 0 aromatic carbocycles. The van der Waals surface area contributed by atoms with Crippen LogP contribution >= 0.6 is 0 Å². The first-order chi connectivity index (χ1) is 7.73. The zero-order valence-corrected chi connectivity index (χ0v) is 9.82. The lowest BCUT2D eigenvalue weighted by Gasteiger charge is -2.25. The second-order valence-electron chi connectivity index (χ2n) is 4.27. The monoisotopic (exact) mass is 222 g/mol. The molecule has 1 aromatic rings. The Hall–Kier alpha value is -1.29. The number of anilines is 1. The summed E-state index contributed by atoms with van der Waals surface area (Å²) in [6.07, 6.45) is 2.76. The van der Waals surface area contributed by atoms with Crippen LogP contribution in [-0.4, -0.2) is 30.3 Å². The van der Waals surface area contributed by atoms with Crippen LogP contribution in [0.25, 0.3) is 0 Å². The summed E-state index contributed by atoms with van der Waals surface area (Å²) in [5.41, 5.74) is -0.0276. The second kappa shape index (κ2) is 4.70. The molecule has 1 saturated heterocycles. The topological polar surface area (TPSA) is 43.4 Å². The summed E-state index contributed by atoms with van der Waals surface area (Å²) in [6, 6.07) is 3.81. The van der Waals surface area contributed by atoms with Crippen LogP contribution in [0.1, 0.15) is 20.3 Å². The van der Waals surface area contributed by atoms with Gasteiger partial charge in [0.25, 0.3) is 0 Å². The van der Waals surface area contributed by atoms with Gasteiger partial charge >= 0.3 is 0 Å². The molecule has 1 unspecified atom stereocenters. The van der Waals surface area contributed by atoms with Crippen LogP contribution in [0, 0.1) is 0 Å². The van der Waals surface area contributed by atoms with Gasteiger partial charge in [-0.1, -0.05) is 0 Å². The molecule has 16 heavy (non-hydrogen) atoms. The number of nitrogens with one attached hydrogen (secondary N) is 1. The third-order valence-electron chi connectivity index (χ3n) is 2.71. The smallest absolute Gasteiger partial charge is 0.169 e. The van der Waals surface area contributed by atoms with E-state index in [9.17, 15) is 0 Å². The van der Waals surface area contributed by atoms with Crippen LogP contribution in [0.5, 0.6) is 5.75 Å².